The molecule has 2 bridgehead atoms. The fourth-order valence-corrected chi connectivity index (χ4v) is 7.61. The van der Waals surface area contributed by atoms with Gasteiger partial charge in [0, 0.05) is 12.1 Å². The molecule has 4 aliphatic carbocycles. The molecule has 2 aliphatic heterocycles. The average Bonchev–Trinajstić information content (AvgIpc) is 3.27. The van der Waals surface area contributed by atoms with Gasteiger partial charge in [-0.3, -0.25) is 19.2 Å². The van der Waals surface area contributed by atoms with Gasteiger partial charge in [-0.05, 0) is 47.9 Å². The van der Waals surface area contributed by atoms with Crippen LogP contribution in [-0.4, -0.2) is 37.8 Å². The van der Waals surface area contributed by atoms with Crippen LogP contribution >= 0.6 is 0 Å². The van der Waals surface area contributed by atoms with Gasteiger partial charge in [0.1, 0.15) is 11.5 Å². The first-order valence-corrected chi connectivity index (χ1v) is 12.2. The first kappa shape index (κ1) is 21.4. The van der Waals surface area contributed by atoms with Crippen LogP contribution in [0.15, 0.2) is 60.7 Å². The van der Waals surface area contributed by atoms with Crippen LogP contribution in [0.3, 0.4) is 0 Å². The molecular formula is C28H24N2O6. The highest BCUT2D eigenvalue weighted by Crippen LogP contribution is 2.68. The largest absolute Gasteiger partial charge is 0.497 e. The zero-order chi connectivity index (χ0) is 24.9. The fraction of sp³-hybridized carbons (Fsp3) is 0.357. The number of anilines is 2. The lowest BCUT2D eigenvalue weighted by Gasteiger charge is -2.60. The molecule has 2 aromatic carbocycles. The Hall–Kier alpha value is -3.94. The van der Waals surface area contributed by atoms with Crippen LogP contribution in [0.5, 0.6) is 11.5 Å². The van der Waals surface area contributed by atoms with Crippen molar-refractivity contribution in [3.63, 3.8) is 0 Å². The van der Waals surface area contributed by atoms with Crippen molar-refractivity contribution in [2.45, 2.75) is 0 Å². The van der Waals surface area contributed by atoms with Crippen molar-refractivity contribution >= 4 is 35.0 Å². The van der Waals surface area contributed by atoms with E-state index in [0.717, 1.165) is 0 Å². The predicted octanol–water partition coefficient (Wildman–Crippen LogP) is 2.68. The van der Waals surface area contributed by atoms with Crippen LogP contribution in [-0.2, 0) is 19.2 Å². The Balaban J connectivity index is 1.24. The molecule has 8 heteroatoms. The molecule has 0 N–H and O–H groups in total. The standard InChI is InChI=1S/C28H24N2O6/c1-35-15-7-3-5-13(11-15)29-25(31)21-17-9-10-18(22(21)26(29)32)20-19(17)23-24(20)28(34)30(27(23)33)14-6-4-8-16(12-14)36-2/h3-12,17-24H,1-2H3/t17-,18-,19-,20-,21+,22+,23-,24-/m1/s1. The topological polar surface area (TPSA) is 93.2 Å². The van der Waals surface area contributed by atoms with Crippen LogP contribution in [0.4, 0.5) is 11.4 Å². The first-order valence-electron chi connectivity index (χ1n) is 12.2. The highest BCUT2D eigenvalue weighted by atomic mass is 16.5. The van der Waals surface area contributed by atoms with Gasteiger partial charge in [0.25, 0.3) is 0 Å². The minimum atomic E-state index is -0.519. The van der Waals surface area contributed by atoms with Crippen LogP contribution in [0, 0.1) is 47.3 Å². The van der Waals surface area contributed by atoms with Crippen LogP contribution in [0.1, 0.15) is 0 Å². The van der Waals surface area contributed by atoms with E-state index in [0.29, 0.717) is 22.9 Å². The molecule has 0 spiro atoms. The number of nitrogens with zero attached hydrogens (tertiary/aromatic N) is 2. The van der Waals surface area contributed by atoms with Crippen molar-refractivity contribution < 1.29 is 28.7 Å². The van der Waals surface area contributed by atoms with E-state index in [9.17, 15) is 19.2 Å². The number of carbonyl (C=O) groups excluding carboxylic acids is 4. The molecule has 6 aliphatic rings. The normalized spacial score (nSPS) is 35.5. The van der Waals surface area contributed by atoms with Gasteiger partial charge in [0.15, 0.2) is 0 Å². The molecule has 36 heavy (non-hydrogen) atoms. The molecule has 0 radical (unpaired) electrons. The maximum atomic E-state index is 13.7. The Morgan fingerprint density at radius 1 is 0.583 bits per heavy atom. The zero-order valence-electron chi connectivity index (χ0n) is 19.7. The van der Waals surface area contributed by atoms with Gasteiger partial charge >= 0.3 is 0 Å². The van der Waals surface area contributed by atoms with E-state index in [1.807, 2.05) is 12.2 Å². The summed E-state index contributed by atoms with van der Waals surface area (Å²) in [6.07, 6.45) is 4.02. The van der Waals surface area contributed by atoms with Crippen molar-refractivity contribution in [1.82, 2.24) is 0 Å². The van der Waals surface area contributed by atoms with E-state index in [-0.39, 0.29) is 47.3 Å². The Kier molecular flexibility index (Phi) is 4.32. The van der Waals surface area contributed by atoms with Crippen LogP contribution in [0.2, 0.25) is 0 Å². The fourth-order valence-electron chi connectivity index (χ4n) is 7.61. The van der Waals surface area contributed by atoms with Gasteiger partial charge in [0.05, 0.1) is 49.3 Å². The van der Waals surface area contributed by atoms with Crippen LogP contribution in [0.25, 0.3) is 0 Å². The lowest BCUT2D eigenvalue weighted by molar-refractivity contribution is -0.166. The Morgan fingerprint density at radius 3 is 1.36 bits per heavy atom. The van der Waals surface area contributed by atoms with E-state index >= 15 is 0 Å². The molecule has 8 rings (SSSR count). The molecule has 8 nitrogen and oxygen atoms in total. The quantitative estimate of drug-likeness (QED) is 0.489. The van der Waals surface area contributed by atoms with Crippen LogP contribution < -0.4 is 19.3 Å². The number of imide groups is 2. The molecule has 182 valence electrons. The number of amides is 4. The summed E-state index contributed by atoms with van der Waals surface area (Å²) in [6, 6.07) is 13.9. The molecule has 2 saturated heterocycles. The molecule has 0 unspecified atom stereocenters. The van der Waals surface area contributed by atoms with Gasteiger partial charge in [0.2, 0.25) is 23.6 Å². The second-order valence-corrected chi connectivity index (χ2v) is 10.2. The number of hydrogen-bond donors (Lipinski definition) is 0. The minimum absolute atomic E-state index is 0.125. The lowest BCUT2D eigenvalue weighted by Crippen LogP contribution is -2.63. The maximum absolute atomic E-state index is 13.7. The van der Waals surface area contributed by atoms with Gasteiger partial charge in [-0.2, -0.15) is 0 Å². The molecule has 4 fully saturated rings. The number of ether oxygens (including phenoxy) is 2. The van der Waals surface area contributed by atoms with Gasteiger partial charge in [-0.25, -0.2) is 9.80 Å². The lowest BCUT2D eigenvalue weighted by atomic mass is 9.40. The molecule has 4 amide bonds. The number of hydrogen-bond acceptors (Lipinski definition) is 6. The second kappa shape index (κ2) is 7.29. The molecule has 2 aromatic rings. The van der Waals surface area contributed by atoms with Crippen molar-refractivity contribution in [2.75, 3.05) is 24.0 Å². The summed E-state index contributed by atoms with van der Waals surface area (Å²) in [5.41, 5.74) is 0.981. The van der Waals surface area contributed by atoms with E-state index in [2.05, 4.69) is 0 Å². The minimum Gasteiger partial charge on any atom is -0.497 e. The summed E-state index contributed by atoms with van der Waals surface area (Å²) in [7, 11) is 3.08. The maximum Gasteiger partial charge on any atom is 0.238 e. The highest BCUT2D eigenvalue weighted by Gasteiger charge is 2.75. The number of rotatable bonds is 4. The Morgan fingerprint density at radius 2 is 0.972 bits per heavy atom. The summed E-state index contributed by atoms with van der Waals surface area (Å²) < 4.78 is 10.6. The average molecular weight is 485 g/mol. The van der Waals surface area contributed by atoms with E-state index in [1.165, 1.54) is 24.0 Å². The highest BCUT2D eigenvalue weighted by molar-refractivity contribution is 6.25. The van der Waals surface area contributed by atoms with Crippen molar-refractivity contribution in [3.8, 4) is 11.5 Å². The van der Waals surface area contributed by atoms with Gasteiger partial charge in [-0.15, -0.1) is 0 Å². The summed E-state index contributed by atoms with van der Waals surface area (Å²) in [5.74, 6) is -2.52. The van der Waals surface area contributed by atoms with E-state index in [4.69, 9.17) is 9.47 Å². The third-order valence-corrected chi connectivity index (χ3v) is 8.97. The number of methoxy groups -OCH3 is 2. The Bertz CT molecular complexity index is 1330. The third-order valence-electron chi connectivity index (χ3n) is 8.97. The van der Waals surface area contributed by atoms with Crippen molar-refractivity contribution in [2.24, 2.45) is 47.3 Å². The molecule has 0 aromatic heterocycles. The predicted molar refractivity (Wildman–Crippen MR) is 128 cm³/mol. The second-order valence-electron chi connectivity index (χ2n) is 10.2. The Labute approximate surface area is 207 Å². The molecule has 2 heterocycles. The monoisotopic (exact) mass is 484 g/mol. The summed E-state index contributed by atoms with van der Waals surface area (Å²) >= 11 is 0. The van der Waals surface area contributed by atoms with Gasteiger partial charge < -0.3 is 9.47 Å². The third kappa shape index (κ3) is 2.49. The number of benzene rings is 2. The smallest absolute Gasteiger partial charge is 0.238 e. The number of allylic oxidation sites excluding steroid dienone is 2. The summed E-state index contributed by atoms with van der Waals surface area (Å²) in [6.45, 7) is 0. The van der Waals surface area contributed by atoms with Crippen molar-refractivity contribution in [1.29, 1.82) is 0 Å². The SMILES string of the molecule is COc1cccc(N2C(=O)[C@H]3[C@@H]4C=C[C@@H]([C@@H]3C2=O)[C@H]2[C@H]3C(=O)N(c5cccc(OC)c5)C(=O)[C@@H]3[C@H]42)c1. The first-order chi connectivity index (χ1) is 17.5. The van der Waals surface area contributed by atoms with E-state index < -0.39 is 23.7 Å². The molecule has 8 atom stereocenters. The summed E-state index contributed by atoms with van der Waals surface area (Å²) in [4.78, 5) is 57.0. The van der Waals surface area contributed by atoms with E-state index in [1.54, 1.807) is 48.5 Å². The van der Waals surface area contributed by atoms with Crippen molar-refractivity contribution in [3.05, 3.63) is 60.7 Å². The number of carbonyl (C=O) groups is 4. The molecule has 2 saturated carbocycles. The van der Waals surface area contributed by atoms with Gasteiger partial charge in [-0.1, -0.05) is 24.3 Å². The molecular weight excluding hydrogens is 460 g/mol. The summed E-state index contributed by atoms with van der Waals surface area (Å²) in [5, 5.41) is 0. The number of fused-ring (bicyclic) bond motifs is 1. The zero-order valence-corrected chi connectivity index (χ0v) is 19.7.